The highest BCUT2D eigenvalue weighted by molar-refractivity contribution is 5.84. The molecule has 3 unspecified atom stereocenters. The van der Waals surface area contributed by atoms with Crippen LogP contribution in [-0.4, -0.2) is 43.1 Å². The highest BCUT2D eigenvalue weighted by atomic mass is 16.5. The minimum atomic E-state index is -0.680. The maximum Gasteiger partial charge on any atom is 0.328 e. The number of ether oxygens (including phenoxy) is 1. The average Bonchev–Trinajstić information content (AvgIpc) is 2.91. The van der Waals surface area contributed by atoms with Gasteiger partial charge in [0.2, 0.25) is 5.91 Å². The standard InChI is InChI=1S/C18H31N3O4/c1-5-7-14(11-13-8-9-19-16(13)22)20-18(24)21-15(10-12(3)4)17(23)25-6-2/h5,7,12-15H,6,8-11H2,1-4H3,(H,19,22)(H2,20,21,24)/b7-5+. The summed E-state index contributed by atoms with van der Waals surface area (Å²) in [6.07, 6.45) is 5.51. The molecule has 0 bridgehead atoms. The van der Waals surface area contributed by atoms with Crippen LogP contribution in [0.2, 0.25) is 0 Å². The van der Waals surface area contributed by atoms with Gasteiger partial charge in [0.05, 0.1) is 6.61 Å². The Morgan fingerprint density at radius 3 is 2.60 bits per heavy atom. The van der Waals surface area contributed by atoms with Gasteiger partial charge >= 0.3 is 12.0 Å². The summed E-state index contributed by atoms with van der Waals surface area (Å²) >= 11 is 0. The van der Waals surface area contributed by atoms with Gasteiger partial charge in [-0.05, 0) is 39.0 Å². The highest BCUT2D eigenvalue weighted by Gasteiger charge is 2.28. The van der Waals surface area contributed by atoms with Crippen LogP contribution >= 0.6 is 0 Å². The first-order valence-corrected chi connectivity index (χ1v) is 9.01. The van der Waals surface area contributed by atoms with Crippen molar-refractivity contribution < 1.29 is 19.1 Å². The van der Waals surface area contributed by atoms with Crippen LogP contribution in [0.5, 0.6) is 0 Å². The number of urea groups is 1. The Bertz CT molecular complexity index is 491. The molecule has 25 heavy (non-hydrogen) atoms. The molecule has 3 amide bonds. The van der Waals surface area contributed by atoms with Gasteiger partial charge in [-0.2, -0.15) is 0 Å². The van der Waals surface area contributed by atoms with E-state index in [0.717, 1.165) is 6.42 Å². The number of rotatable bonds is 9. The molecule has 1 saturated heterocycles. The van der Waals surface area contributed by atoms with Crippen molar-refractivity contribution in [1.82, 2.24) is 16.0 Å². The fourth-order valence-electron chi connectivity index (χ4n) is 2.89. The third-order valence-electron chi connectivity index (χ3n) is 4.03. The maximum atomic E-state index is 12.3. The fourth-order valence-corrected chi connectivity index (χ4v) is 2.89. The molecular weight excluding hydrogens is 322 g/mol. The minimum Gasteiger partial charge on any atom is -0.464 e. The Kier molecular flexibility index (Phi) is 9.02. The summed E-state index contributed by atoms with van der Waals surface area (Å²) < 4.78 is 5.03. The molecule has 0 aromatic heterocycles. The molecule has 7 heteroatoms. The lowest BCUT2D eigenvalue weighted by Crippen LogP contribution is -2.50. The molecule has 0 aromatic carbocycles. The number of carbonyl (C=O) groups is 3. The van der Waals surface area contributed by atoms with E-state index < -0.39 is 18.0 Å². The van der Waals surface area contributed by atoms with Crippen LogP contribution in [0.4, 0.5) is 4.79 Å². The molecule has 142 valence electrons. The summed E-state index contributed by atoms with van der Waals surface area (Å²) in [5.41, 5.74) is 0. The van der Waals surface area contributed by atoms with Crippen LogP contribution in [-0.2, 0) is 14.3 Å². The summed E-state index contributed by atoms with van der Waals surface area (Å²) in [7, 11) is 0. The van der Waals surface area contributed by atoms with E-state index in [1.807, 2.05) is 32.9 Å². The number of amides is 3. The van der Waals surface area contributed by atoms with Gasteiger partial charge < -0.3 is 20.7 Å². The van der Waals surface area contributed by atoms with Crippen LogP contribution in [0.3, 0.4) is 0 Å². The number of allylic oxidation sites excluding steroid dienone is 1. The van der Waals surface area contributed by atoms with Gasteiger partial charge in [0, 0.05) is 18.5 Å². The zero-order chi connectivity index (χ0) is 18.8. The normalized spacial score (nSPS) is 19.6. The Morgan fingerprint density at radius 1 is 1.36 bits per heavy atom. The monoisotopic (exact) mass is 353 g/mol. The minimum absolute atomic E-state index is 0.0286. The molecule has 0 saturated carbocycles. The molecule has 3 atom stereocenters. The molecule has 7 nitrogen and oxygen atoms in total. The molecule has 1 fully saturated rings. The lowest BCUT2D eigenvalue weighted by atomic mass is 9.98. The topological polar surface area (TPSA) is 96.5 Å². The van der Waals surface area contributed by atoms with Gasteiger partial charge in [0.25, 0.3) is 0 Å². The van der Waals surface area contributed by atoms with Gasteiger partial charge in [-0.3, -0.25) is 4.79 Å². The summed E-state index contributed by atoms with van der Waals surface area (Å²) in [6.45, 7) is 8.51. The van der Waals surface area contributed by atoms with Crippen molar-refractivity contribution in [3.63, 3.8) is 0 Å². The number of hydrogen-bond acceptors (Lipinski definition) is 4. The van der Waals surface area contributed by atoms with Crippen LogP contribution in [0.15, 0.2) is 12.2 Å². The zero-order valence-corrected chi connectivity index (χ0v) is 15.6. The third kappa shape index (κ3) is 7.58. The first-order chi connectivity index (χ1) is 11.9. The van der Waals surface area contributed by atoms with Crippen molar-refractivity contribution in [3.05, 3.63) is 12.2 Å². The van der Waals surface area contributed by atoms with Crippen LogP contribution in [0.25, 0.3) is 0 Å². The fraction of sp³-hybridized carbons (Fsp3) is 0.722. The molecule has 0 aromatic rings. The van der Waals surface area contributed by atoms with E-state index in [1.165, 1.54) is 0 Å². The third-order valence-corrected chi connectivity index (χ3v) is 4.03. The predicted molar refractivity (Wildman–Crippen MR) is 95.9 cm³/mol. The lowest BCUT2D eigenvalue weighted by Gasteiger charge is -2.22. The van der Waals surface area contributed by atoms with E-state index in [0.29, 0.717) is 19.4 Å². The van der Waals surface area contributed by atoms with E-state index in [4.69, 9.17) is 4.74 Å². The second-order valence-electron chi connectivity index (χ2n) is 6.70. The van der Waals surface area contributed by atoms with E-state index in [2.05, 4.69) is 16.0 Å². The summed E-state index contributed by atoms with van der Waals surface area (Å²) in [5, 5.41) is 8.34. The summed E-state index contributed by atoms with van der Waals surface area (Å²) in [5.74, 6) is -0.258. The molecule has 1 aliphatic rings. The van der Waals surface area contributed by atoms with Crippen LogP contribution in [0, 0.1) is 11.8 Å². The molecule has 1 heterocycles. The highest BCUT2D eigenvalue weighted by Crippen LogP contribution is 2.17. The zero-order valence-electron chi connectivity index (χ0n) is 15.6. The Morgan fingerprint density at radius 2 is 2.08 bits per heavy atom. The second-order valence-corrected chi connectivity index (χ2v) is 6.70. The van der Waals surface area contributed by atoms with E-state index >= 15 is 0 Å². The molecule has 1 aliphatic heterocycles. The average molecular weight is 353 g/mol. The first-order valence-electron chi connectivity index (χ1n) is 9.01. The van der Waals surface area contributed by atoms with Gasteiger partial charge in [-0.15, -0.1) is 0 Å². The van der Waals surface area contributed by atoms with Gasteiger partial charge in [-0.25, -0.2) is 9.59 Å². The summed E-state index contributed by atoms with van der Waals surface area (Å²) in [4.78, 5) is 36.1. The van der Waals surface area contributed by atoms with Crippen LogP contribution in [0.1, 0.15) is 47.0 Å². The Hall–Kier alpha value is -2.05. The quantitative estimate of drug-likeness (QED) is 0.434. The number of hydrogen-bond donors (Lipinski definition) is 3. The van der Waals surface area contributed by atoms with E-state index in [-0.39, 0.29) is 30.4 Å². The van der Waals surface area contributed by atoms with Crippen molar-refractivity contribution >= 4 is 17.9 Å². The molecular formula is C18H31N3O4. The molecule has 1 rings (SSSR count). The number of esters is 1. The summed E-state index contributed by atoms with van der Waals surface area (Å²) in [6, 6.07) is -1.37. The van der Waals surface area contributed by atoms with Crippen molar-refractivity contribution in [1.29, 1.82) is 0 Å². The van der Waals surface area contributed by atoms with Crippen molar-refractivity contribution in [2.75, 3.05) is 13.2 Å². The van der Waals surface area contributed by atoms with Crippen molar-refractivity contribution in [2.45, 2.75) is 59.0 Å². The predicted octanol–water partition coefficient (Wildman–Crippen LogP) is 1.73. The number of nitrogens with one attached hydrogen (secondary N) is 3. The van der Waals surface area contributed by atoms with Gasteiger partial charge in [-0.1, -0.05) is 26.0 Å². The SMILES string of the molecule is C/C=C/C(CC1CCNC1=O)NC(=O)NC(CC(C)C)C(=O)OCC. The molecule has 0 spiro atoms. The first kappa shape index (κ1) is 21.0. The van der Waals surface area contributed by atoms with E-state index in [1.54, 1.807) is 6.92 Å². The van der Waals surface area contributed by atoms with Crippen LogP contribution < -0.4 is 16.0 Å². The second kappa shape index (κ2) is 10.7. The van der Waals surface area contributed by atoms with Gasteiger partial charge in [0.1, 0.15) is 6.04 Å². The van der Waals surface area contributed by atoms with E-state index in [9.17, 15) is 14.4 Å². The largest absolute Gasteiger partial charge is 0.464 e. The maximum absolute atomic E-state index is 12.3. The molecule has 0 aliphatic carbocycles. The smallest absolute Gasteiger partial charge is 0.328 e. The van der Waals surface area contributed by atoms with Gasteiger partial charge in [0.15, 0.2) is 0 Å². The lowest BCUT2D eigenvalue weighted by molar-refractivity contribution is -0.145. The number of carbonyl (C=O) groups excluding carboxylic acids is 3. The molecule has 3 N–H and O–H groups in total. The Labute approximate surface area is 149 Å². The van der Waals surface area contributed by atoms with Crippen molar-refractivity contribution in [3.8, 4) is 0 Å². The van der Waals surface area contributed by atoms with Crippen molar-refractivity contribution in [2.24, 2.45) is 11.8 Å². The molecule has 0 radical (unpaired) electrons. The Balaban J connectivity index is 2.64.